The quantitative estimate of drug-likeness (QED) is 0.856. The Morgan fingerprint density at radius 3 is 2.57 bits per heavy atom. The van der Waals surface area contributed by atoms with Crippen LogP contribution in [0.15, 0.2) is 24.3 Å². The van der Waals surface area contributed by atoms with Crippen LogP contribution in [0.3, 0.4) is 0 Å². The maximum absolute atomic E-state index is 12.2. The summed E-state index contributed by atoms with van der Waals surface area (Å²) in [6, 6.07) is 7.06. The molecule has 0 aliphatic carbocycles. The monoisotopic (exact) mass is 291 g/mol. The molecule has 1 fully saturated rings. The van der Waals surface area contributed by atoms with Crippen molar-refractivity contribution in [1.82, 2.24) is 4.90 Å². The Bertz CT molecular complexity index is 515. The summed E-state index contributed by atoms with van der Waals surface area (Å²) in [4.78, 5) is 27.5. The summed E-state index contributed by atoms with van der Waals surface area (Å²) >= 11 is 0. The van der Waals surface area contributed by atoms with E-state index < -0.39 is 6.04 Å². The van der Waals surface area contributed by atoms with Crippen molar-refractivity contribution in [3.8, 4) is 0 Å². The second-order valence-electron chi connectivity index (χ2n) is 5.20. The van der Waals surface area contributed by atoms with Crippen molar-refractivity contribution in [2.75, 3.05) is 38.3 Å². The predicted octanol–water partition coefficient (Wildman–Crippen LogP) is 0.144. The van der Waals surface area contributed by atoms with Crippen LogP contribution in [0.25, 0.3) is 0 Å². The summed E-state index contributed by atoms with van der Waals surface area (Å²) in [5, 5.41) is 0. The molecule has 0 aromatic heterocycles. The number of methoxy groups -OCH3 is 1. The van der Waals surface area contributed by atoms with Gasteiger partial charge in [0.2, 0.25) is 11.8 Å². The smallest absolute Gasteiger partial charge is 0.246 e. The van der Waals surface area contributed by atoms with Crippen molar-refractivity contribution in [3.63, 3.8) is 0 Å². The van der Waals surface area contributed by atoms with Crippen LogP contribution in [0.2, 0.25) is 0 Å². The molecule has 2 amide bonds. The molecule has 1 aromatic carbocycles. The van der Waals surface area contributed by atoms with Crippen molar-refractivity contribution in [1.29, 1.82) is 0 Å². The first-order valence-electron chi connectivity index (χ1n) is 6.93. The first-order chi connectivity index (χ1) is 10.0. The van der Waals surface area contributed by atoms with Gasteiger partial charge in [0.15, 0.2) is 0 Å². The van der Waals surface area contributed by atoms with Gasteiger partial charge < -0.3 is 20.3 Å². The molecule has 6 heteroatoms. The fourth-order valence-corrected chi connectivity index (χ4v) is 2.34. The van der Waals surface area contributed by atoms with E-state index in [1.807, 2.05) is 31.2 Å². The van der Waals surface area contributed by atoms with Gasteiger partial charge in [-0.15, -0.1) is 0 Å². The minimum atomic E-state index is -0.714. The Labute approximate surface area is 124 Å². The summed E-state index contributed by atoms with van der Waals surface area (Å²) in [6.45, 7) is 3.18. The lowest BCUT2D eigenvalue weighted by atomic mass is 10.2. The molecule has 1 saturated heterocycles. The SMILES string of the molecule is COC[C@@H](N)C(=O)N1CCN(c2ccc(C)cc2)C(=O)C1. The number of hydrogen-bond donors (Lipinski definition) is 1. The first-order valence-corrected chi connectivity index (χ1v) is 6.93. The zero-order valence-corrected chi connectivity index (χ0v) is 12.4. The summed E-state index contributed by atoms with van der Waals surface area (Å²) in [5.41, 5.74) is 7.73. The zero-order valence-electron chi connectivity index (χ0n) is 12.4. The van der Waals surface area contributed by atoms with Gasteiger partial charge in [-0.05, 0) is 19.1 Å². The third-order valence-electron chi connectivity index (χ3n) is 3.54. The second-order valence-corrected chi connectivity index (χ2v) is 5.20. The normalized spacial score (nSPS) is 17.0. The summed E-state index contributed by atoms with van der Waals surface area (Å²) in [5.74, 6) is -0.336. The maximum Gasteiger partial charge on any atom is 0.246 e. The van der Waals surface area contributed by atoms with Gasteiger partial charge in [0, 0.05) is 25.9 Å². The van der Waals surface area contributed by atoms with Crippen LogP contribution >= 0.6 is 0 Å². The molecule has 0 unspecified atom stereocenters. The number of piperazine rings is 1. The zero-order chi connectivity index (χ0) is 15.4. The lowest BCUT2D eigenvalue weighted by molar-refractivity contribution is -0.138. The Morgan fingerprint density at radius 1 is 1.33 bits per heavy atom. The van der Waals surface area contributed by atoms with E-state index in [4.69, 9.17) is 10.5 Å². The minimum absolute atomic E-state index is 0.0596. The standard InChI is InChI=1S/C15H21N3O3/c1-11-3-5-12(6-4-11)18-8-7-17(9-14(18)19)15(20)13(16)10-21-2/h3-6,13H,7-10,16H2,1-2H3/t13-/m1/s1. The largest absolute Gasteiger partial charge is 0.383 e. The average molecular weight is 291 g/mol. The molecular weight excluding hydrogens is 270 g/mol. The van der Waals surface area contributed by atoms with E-state index in [9.17, 15) is 9.59 Å². The number of ether oxygens (including phenoxy) is 1. The van der Waals surface area contributed by atoms with Gasteiger partial charge in [-0.3, -0.25) is 9.59 Å². The van der Waals surface area contributed by atoms with Gasteiger partial charge in [0.05, 0.1) is 6.61 Å². The summed E-state index contributed by atoms with van der Waals surface area (Å²) in [6.07, 6.45) is 0. The van der Waals surface area contributed by atoms with Gasteiger partial charge in [0.1, 0.15) is 12.6 Å². The molecule has 2 N–H and O–H groups in total. The van der Waals surface area contributed by atoms with Gasteiger partial charge in [-0.2, -0.15) is 0 Å². The van der Waals surface area contributed by atoms with Gasteiger partial charge in [-0.25, -0.2) is 0 Å². The number of carbonyl (C=O) groups is 2. The molecule has 1 atom stereocenters. The third kappa shape index (κ3) is 3.59. The number of rotatable bonds is 4. The van der Waals surface area contributed by atoms with Crippen molar-refractivity contribution >= 4 is 17.5 Å². The average Bonchev–Trinajstić information content (AvgIpc) is 2.48. The number of nitrogens with two attached hydrogens (primary N) is 1. The maximum atomic E-state index is 12.2. The lowest BCUT2D eigenvalue weighted by Gasteiger charge is -2.35. The van der Waals surface area contributed by atoms with E-state index in [0.717, 1.165) is 11.3 Å². The van der Waals surface area contributed by atoms with E-state index in [1.165, 1.54) is 12.0 Å². The third-order valence-corrected chi connectivity index (χ3v) is 3.54. The number of nitrogens with zero attached hydrogens (tertiary/aromatic N) is 2. The number of anilines is 1. The Hall–Kier alpha value is -1.92. The summed E-state index contributed by atoms with van der Waals surface area (Å²) < 4.78 is 4.88. The Balaban J connectivity index is 2.00. The van der Waals surface area contributed by atoms with Crippen LogP contribution in [-0.4, -0.2) is 56.1 Å². The molecular formula is C15H21N3O3. The molecule has 1 heterocycles. The van der Waals surface area contributed by atoms with E-state index in [-0.39, 0.29) is 25.0 Å². The molecule has 0 radical (unpaired) electrons. The molecule has 1 aliphatic rings. The van der Waals surface area contributed by atoms with Crippen molar-refractivity contribution < 1.29 is 14.3 Å². The Kier molecular flexibility index (Phi) is 4.93. The van der Waals surface area contributed by atoms with E-state index in [0.29, 0.717) is 13.1 Å². The van der Waals surface area contributed by atoms with Crippen LogP contribution < -0.4 is 10.6 Å². The molecule has 0 bridgehead atoms. The lowest BCUT2D eigenvalue weighted by Crippen LogP contribution is -2.56. The molecule has 1 aliphatic heterocycles. The van der Waals surface area contributed by atoms with Crippen molar-refractivity contribution in [2.45, 2.75) is 13.0 Å². The second kappa shape index (κ2) is 6.69. The van der Waals surface area contributed by atoms with Crippen LogP contribution in [0, 0.1) is 6.92 Å². The molecule has 1 aromatic rings. The van der Waals surface area contributed by atoms with Gasteiger partial charge in [-0.1, -0.05) is 17.7 Å². The number of amides is 2. The highest BCUT2D eigenvalue weighted by molar-refractivity contribution is 5.98. The van der Waals surface area contributed by atoms with Crippen LogP contribution in [-0.2, 0) is 14.3 Å². The first kappa shape index (κ1) is 15.5. The number of carbonyl (C=O) groups excluding carboxylic acids is 2. The number of aryl methyl sites for hydroxylation is 1. The molecule has 114 valence electrons. The van der Waals surface area contributed by atoms with Crippen LogP contribution in [0.1, 0.15) is 5.56 Å². The number of benzene rings is 1. The highest BCUT2D eigenvalue weighted by atomic mass is 16.5. The highest BCUT2D eigenvalue weighted by Crippen LogP contribution is 2.18. The predicted molar refractivity (Wildman–Crippen MR) is 80.0 cm³/mol. The molecule has 6 nitrogen and oxygen atoms in total. The number of hydrogen-bond acceptors (Lipinski definition) is 4. The van der Waals surface area contributed by atoms with Gasteiger partial charge in [0.25, 0.3) is 0 Å². The Morgan fingerprint density at radius 2 is 2.00 bits per heavy atom. The fraction of sp³-hybridized carbons (Fsp3) is 0.467. The molecule has 0 spiro atoms. The van der Waals surface area contributed by atoms with Crippen LogP contribution in [0.5, 0.6) is 0 Å². The van der Waals surface area contributed by atoms with Gasteiger partial charge >= 0.3 is 0 Å². The van der Waals surface area contributed by atoms with E-state index in [2.05, 4.69) is 0 Å². The topological polar surface area (TPSA) is 75.9 Å². The van der Waals surface area contributed by atoms with E-state index >= 15 is 0 Å². The van der Waals surface area contributed by atoms with Crippen molar-refractivity contribution in [3.05, 3.63) is 29.8 Å². The molecule has 0 saturated carbocycles. The molecule has 21 heavy (non-hydrogen) atoms. The minimum Gasteiger partial charge on any atom is -0.383 e. The van der Waals surface area contributed by atoms with E-state index in [1.54, 1.807) is 4.90 Å². The highest BCUT2D eigenvalue weighted by Gasteiger charge is 2.30. The molecule has 2 rings (SSSR count). The van der Waals surface area contributed by atoms with Crippen molar-refractivity contribution in [2.24, 2.45) is 5.73 Å². The summed E-state index contributed by atoms with van der Waals surface area (Å²) in [7, 11) is 1.49. The fourth-order valence-electron chi connectivity index (χ4n) is 2.34. The van der Waals surface area contributed by atoms with Crippen LogP contribution in [0.4, 0.5) is 5.69 Å².